The second-order valence-electron chi connectivity index (χ2n) is 6.73. The number of ether oxygens (including phenoxy) is 2. The Morgan fingerprint density at radius 3 is 1.86 bits per heavy atom. The SMILES string of the molecule is COc1cc(C=Cc2ccc(O)cc2)cc(OC)c1C(C)c1ccc(O)c(O)c1. The lowest BCUT2D eigenvalue weighted by Gasteiger charge is -2.20. The first kappa shape index (κ1) is 20.1. The summed E-state index contributed by atoms with van der Waals surface area (Å²) in [6.07, 6.45) is 3.88. The van der Waals surface area contributed by atoms with Crippen molar-refractivity contribution in [2.24, 2.45) is 0 Å². The summed E-state index contributed by atoms with van der Waals surface area (Å²) in [5.74, 6) is 1.09. The van der Waals surface area contributed by atoms with Crippen molar-refractivity contribution in [3.8, 4) is 28.7 Å². The minimum Gasteiger partial charge on any atom is -0.508 e. The van der Waals surface area contributed by atoms with Gasteiger partial charge in [-0.1, -0.05) is 37.3 Å². The monoisotopic (exact) mass is 392 g/mol. The normalized spacial score (nSPS) is 12.1. The molecule has 0 radical (unpaired) electrons. The molecule has 3 rings (SSSR count). The van der Waals surface area contributed by atoms with E-state index in [4.69, 9.17) is 9.47 Å². The summed E-state index contributed by atoms with van der Waals surface area (Å²) in [5, 5.41) is 28.8. The van der Waals surface area contributed by atoms with Crippen molar-refractivity contribution in [2.75, 3.05) is 14.2 Å². The Hall–Kier alpha value is -3.60. The second kappa shape index (κ2) is 8.61. The van der Waals surface area contributed by atoms with Gasteiger partial charge in [0.1, 0.15) is 17.2 Å². The van der Waals surface area contributed by atoms with Crippen LogP contribution >= 0.6 is 0 Å². The average molecular weight is 392 g/mol. The lowest BCUT2D eigenvalue weighted by molar-refractivity contribution is 0.382. The maximum absolute atomic E-state index is 9.85. The van der Waals surface area contributed by atoms with Crippen LogP contribution in [0.5, 0.6) is 28.7 Å². The van der Waals surface area contributed by atoms with Gasteiger partial charge in [0, 0.05) is 11.5 Å². The number of hydrogen-bond donors (Lipinski definition) is 3. The predicted octanol–water partition coefficient (Wildman–Crippen LogP) is 5.14. The average Bonchev–Trinajstić information content (AvgIpc) is 2.74. The third-order valence-corrected chi connectivity index (χ3v) is 4.86. The van der Waals surface area contributed by atoms with E-state index in [0.29, 0.717) is 11.5 Å². The van der Waals surface area contributed by atoms with Gasteiger partial charge in [-0.3, -0.25) is 0 Å². The van der Waals surface area contributed by atoms with Crippen LogP contribution in [0.4, 0.5) is 0 Å². The number of benzene rings is 3. The Balaban J connectivity index is 1.99. The number of methoxy groups -OCH3 is 2. The van der Waals surface area contributed by atoms with Gasteiger partial charge in [0.2, 0.25) is 0 Å². The van der Waals surface area contributed by atoms with E-state index < -0.39 is 0 Å². The van der Waals surface area contributed by atoms with Gasteiger partial charge in [-0.15, -0.1) is 0 Å². The number of rotatable bonds is 6. The molecule has 0 amide bonds. The molecule has 0 fully saturated rings. The molecule has 1 atom stereocenters. The van der Waals surface area contributed by atoms with Crippen molar-refractivity contribution in [1.82, 2.24) is 0 Å². The highest BCUT2D eigenvalue weighted by Crippen LogP contribution is 2.41. The summed E-state index contributed by atoms with van der Waals surface area (Å²) in [7, 11) is 3.21. The van der Waals surface area contributed by atoms with Crippen LogP contribution in [0.15, 0.2) is 54.6 Å². The van der Waals surface area contributed by atoms with Crippen LogP contribution in [0.3, 0.4) is 0 Å². The molecule has 0 bridgehead atoms. The molecule has 3 aromatic rings. The maximum atomic E-state index is 9.85. The molecule has 3 N–H and O–H groups in total. The minimum absolute atomic E-state index is 0.137. The Morgan fingerprint density at radius 1 is 0.724 bits per heavy atom. The van der Waals surface area contributed by atoms with Gasteiger partial charge in [0.15, 0.2) is 11.5 Å². The Morgan fingerprint density at radius 2 is 1.31 bits per heavy atom. The fraction of sp³-hybridized carbons (Fsp3) is 0.167. The third kappa shape index (κ3) is 4.46. The molecule has 0 aromatic heterocycles. The van der Waals surface area contributed by atoms with Crippen molar-refractivity contribution in [1.29, 1.82) is 0 Å². The standard InChI is InChI=1S/C24H24O5/c1-15(18-8-11-20(26)21(27)14-18)24-22(28-2)12-17(13-23(24)29-3)5-4-16-6-9-19(25)10-7-16/h4-15,25-27H,1-3H3. The fourth-order valence-corrected chi connectivity index (χ4v) is 3.24. The lowest BCUT2D eigenvalue weighted by Crippen LogP contribution is -2.03. The lowest BCUT2D eigenvalue weighted by atomic mass is 9.90. The first-order valence-corrected chi connectivity index (χ1v) is 9.18. The number of phenols is 3. The van der Waals surface area contributed by atoms with Crippen LogP contribution in [0.25, 0.3) is 12.2 Å². The van der Waals surface area contributed by atoms with Gasteiger partial charge in [0.05, 0.1) is 14.2 Å². The molecule has 5 nitrogen and oxygen atoms in total. The Labute approximate surface area is 170 Å². The van der Waals surface area contributed by atoms with Gasteiger partial charge in [-0.25, -0.2) is 0 Å². The first-order chi connectivity index (χ1) is 13.9. The molecule has 0 aliphatic heterocycles. The zero-order chi connectivity index (χ0) is 21.0. The predicted molar refractivity (Wildman–Crippen MR) is 114 cm³/mol. The summed E-state index contributed by atoms with van der Waals surface area (Å²) >= 11 is 0. The van der Waals surface area contributed by atoms with Crippen LogP contribution in [-0.2, 0) is 0 Å². The quantitative estimate of drug-likeness (QED) is 0.400. The van der Waals surface area contributed by atoms with Gasteiger partial charge in [-0.05, 0) is 53.1 Å². The molecule has 0 heterocycles. The molecule has 29 heavy (non-hydrogen) atoms. The van der Waals surface area contributed by atoms with E-state index in [0.717, 1.165) is 22.3 Å². The largest absolute Gasteiger partial charge is 0.508 e. The van der Waals surface area contributed by atoms with E-state index in [-0.39, 0.29) is 23.2 Å². The summed E-state index contributed by atoms with van der Waals surface area (Å²) in [6.45, 7) is 1.98. The molecule has 1 unspecified atom stereocenters. The van der Waals surface area contributed by atoms with Crippen LogP contribution in [0.2, 0.25) is 0 Å². The van der Waals surface area contributed by atoms with Crippen molar-refractivity contribution >= 4 is 12.2 Å². The van der Waals surface area contributed by atoms with E-state index in [1.165, 1.54) is 12.1 Å². The van der Waals surface area contributed by atoms with Crippen LogP contribution < -0.4 is 9.47 Å². The highest BCUT2D eigenvalue weighted by molar-refractivity contribution is 5.72. The van der Waals surface area contributed by atoms with E-state index in [9.17, 15) is 15.3 Å². The highest BCUT2D eigenvalue weighted by Gasteiger charge is 2.20. The highest BCUT2D eigenvalue weighted by atomic mass is 16.5. The molecule has 150 valence electrons. The molecular formula is C24H24O5. The second-order valence-corrected chi connectivity index (χ2v) is 6.73. The van der Waals surface area contributed by atoms with Crippen LogP contribution in [0, 0.1) is 0 Å². The maximum Gasteiger partial charge on any atom is 0.157 e. The van der Waals surface area contributed by atoms with Gasteiger partial charge >= 0.3 is 0 Å². The minimum atomic E-state index is -0.166. The number of phenolic OH excluding ortho intramolecular Hbond substituents is 3. The number of hydrogen-bond acceptors (Lipinski definition) is 5. The molecule has 0 saturated heterocycles. The van der Waals surface area contributed by atoms with E-state index in [1.54, 1.807) is 32.4 Å². The molecule has 5 heteroatoms. The van der Waals surface area contributed by atoms with Gasteiger partial charge in [-0.2, -0.15) is 0 Å². The van der Waals surface area contributed by atoms with E-state index >= 15 is 0 Å². The molecule has 0 aliphatic rings. The van der Waals surface area contributed by atoms with Crippen molar-refractivity contribution in [3.63, 3.8) is 0 Å². The zero-order valence-electron chi connectivity index (χ0n) is 16.6. The van der Waals surface area contributed by atoms with Gasteiger partial charge in [0.25, 0.3) is 0 Å². The smallest absolute Gasteiger partial charge is 0.157 e. The summed E-state index contributed by atoms with van der Waals surface area (Å²) < 4.78 is 11.3. The Kier molecular flexibility index (Phi) is 5.98. The van der Waals surface area contributed by atoms with Gasteiger partial charge < -0.3 is 24.8 Å². The molecule has 0 aliphatic carbocycles. The number of aromatic hydroxyl groups is 3. The molecule has 0 spiro atoms. The van der Waals surface area contributed by atoms with Crippen LogP contribution in [-0.4, -0.2) is 29.5 Å². The Bertz CT molecular complexity index is 997. The summed E-state index contributed by atoms with van der Waals surface area (Å²) in [5.41, 5.74) is 3.53. The topological polar surface area (TPSA) is 79.2 Å². The molecule has 3 aromatic carbocycles. The molecular weight excluding hydrogens is 368 g/mol. The van der Waals surface area contributed by atoms with E-state index in [1.807, 2.05) is 43.3 Å². The fourth-order valence-electron chi connectivity index (χ4n) is 3.24. The zero-order valence-corrected chi connectivity index (χ0v) is 16.6. The molecule has 0 saturated carbocycles. The van der Waals surface area contributed by atoms with Crippen molar-refractivity contribution in [2.45, 2.75) is 12.8 Å². The van der Waals surface area contributed by atoms with Crippen molar-refractivity contribution in [3.05, 3.63) is 76.9 Å². The van der Waals surface area contributed by atoms with E-state index in [2.05, 4.69) is 0 Å². The van der Waals surface area contributed by atoms with Crippen LogP contribution in [0.1, 0.15) is 35.1 Å². The summed E-state index contributed by atoms with van der Waals surface area (Å²) in [6, 6.07) is 15.5. The third-order valence-electron chi connectivity index (χ3n) is 4.86. The first-order valence-electron chi connectivity index (χ1n) is 9.18. The summed E-state index contributed by atoms with van der Waals surface area (Å²) in [4.78, 5) is 0. The van der Waals surface area contributed by atoms with Crippen molar-refractivity contribution < 1.29 is 24.8 Å².